The van der Waals surface area contributed by atoms with Crippen LogP contribution in [0.25, 0.3) is 10.9 Å². The highest BCUT2D eigenvalue weighted by atomic mass is 16.5. The van der Waals surface area contributed by atoms with E-state index >= 15 is 0 Å². The summed E-state index contributed by atoms with van der Waals surface area (Å²) in [5, 5.41) is 12.2. The number of quaternary nitrogens is 1. The quantitative estimate of drug-likeness (QED) is 0.840. The summed E-state index contributed by atoms with van der Waals surface area (Å²) in [5.74, 6) is 2.13. The fourth-order valence-corrected chi connectivity index (χ4v) is 4.74. The molecule has 2 aromatic rings. The summed E-state index contributed by atoms with van der Waals surface area (Å²) in [6.07, 6.45) is 4.61. The lowest BCUT2D eigenvalue weighted by molar-refractivity contribution is -0.925. The van der Waals surface area contributed by atoms with E-state index in [9.17, 15) is 5.11 Å². The Balaban J connectivity index is 1.73. The van der Waals surface area contributed by atoms with E-state index in [1.54, 1.807) is 18.2 Å². The molecule has 4 heterocycles. The van der Waals surface area contributed by atoms with Crippen molar-refractivity contribution >= 4 is 10.9 Å². The highest BCUT2D eigenvalue weighted by molar-refractivity contribution is 5.83. The van der Waals surface area contributed by atoms with Crippen molar-refractivity contribution < 1.29 is 14.7 Å². The van der Waals surface area contributed by atoms with Crippen molar-refractivity contribution in [3.63, 3.8) is 0 Å². The highest BCUT2D eigenvalue weighted by Gasteiger charge is 2.46. The number of piperidine rings is 3. The number of benzene rings is 1. The van der Waals surface area contributed by atoms with Crippen LogP contribution in [0.4, 0.5) is 0 Å². The monoisotopic (exact) mass is 325 g/mol. The molecule has 24 heavy (non-hydrogen) atoms. The Kier molecular flexibility index (Phi) is 4.02. The van der Waals surface area contributed by atoms with Crippen molar-refractivity contribution in [2.24, 2.45) is 17.8 Å². The van der Waals surface area contributed by atoms with Crippen LogP contribution in [0.15, 0.2) is 43.1 Å². The number of ether oxygens (including phenoxy) is 1. The standard InChI is InChI=1S/C20H24N2O2/c1-3-13-11-22-9-7-15(13)18(12-22)20(23)16-6-8-21-19-5-4-14(24-2)10-17(16)19/h3-6,8,10,13,15,18,20,23H,1,7,9,11-12H2,2H3/p+1/t13-,15+,18+,20-/m1/s1. The molecule has 1 aromatic heterocycles. The van der Waals surface area contributed by atoms with Crippen molar-refractivity contribution in [2.75, 3.05) is 26.7 Å². The van der Waals surface area contributed by atoms with E-state index in [1.165, 1.54) is 19.5 Å². The Bertz CT molecular complexity index is 760. The molecule has 0 amide bonds. The van der Waals surface area contributed by atoms with E-state index in [-0.39, 0.29) is 5.92 Å². The van der Waals surface area contributed by atoms with Crippen LogP contribution >= 0.6 is 0 Å². The summed E-state index contributed by atoms with van der Waals surface area (Å²) >= 11 is 0. The van der Waals surface area contributed by atoms with Gasteiger partial charge in [0.15, 0.2) is 0 Å². The van der Waals surface area contributed by atoms with Gasteiger partial charge in [-0.2, -0.15) is 0 Å². The van der Waals surface area contributed by atoms with Crippen molar-refractivity contribution in [1.82, 2.24) is 4.98 Å². The molecule has 4 heteroatoms. The number of hydrogen-bond donors (Lipinski definition) is 2. The summed E-state index contributed by atoms with van der Waals surface area (Å²) < 4.78 is 5.36. The van der Waals surface area contributed by atoms with Crippen LogP contribution < -0.4 is 9.64 Å². The number of nitrogens with one attached hydrogen (secondary N) is 1. The smallest absolute Gasteiger partial charge is 0.119 e. The van der Waals surface area contributed by atoms with E-state index in [0.717, 1.165) is 28.8 Å². The predicted octanol–water partition coefficient (Wildman–Crippen LogP) is 1.61. The first kappa shape index (κ1) is 15.6. The van der Waals surface area contributed by atoms with Gasteiger partial charge >= 0.3 is 0 Å². The van der Waals surface area contributed by atoms with Gasteiger partial charge in [0.25, 0.3) is 0 Å². The minimum Gasteiger partial charge on any atom is -0.497 e. The first-order valence-electron chi connectivity index (χ1n) is 8.78. The molecule has 0 spiro atoms. The van der Waals surface area contributed by atoms with Gasteiger partial charge in [-0.05, 0) is 35.7 Å². The predicted molar refractivity (Wildman–Crippen MR) is 94.1 cm³/mol. The van der Waals surface area contributed by atoms with Crippen molar-refractivity contribution in [3.8, 4) is 5.75 Å². The molecule has 1 aromatic carbocycles. The molecule has 4 nitrogen and oxygen atoms in total. The maximum Gasteiger partial charge on any atom is 0.119 e. The lowest BCUT2D eigenvalue weighted by atomic mass is 9.69. The molecule has 2 N–H and O–H groups in total. The Labute approximate surface area is 142 Å². The maximum atomic E-state index is 11.2. The lowest BCUT2D eigenvalue weighted by Gasteiger charge is -2.47. The maximum absolute atomic E-state index is 11.2. The Morgan fingerprint density at radius 2 is 2.25 bits per heavy atom. The van der Waals surface area contributed by atoms with E-state index in [2.05, 4.69) is 17.6 Å². The van der Waals surface area contributed by atoms with E-state index in [0.29, 0.717) is 11.8 Å². The largest absolute Gasteiger partial charge is 0.497 e. The second kappa shape index (κ2) is 6.19. The highest BCUT2D eigenvalue weighted by Crippen LogP contribution is 2.39. The van der Waals surface area contributed by atoms with Crippen molar-refractivity contribution in [3.05, 3.63) is 48.7 Å². The number of rotatable bonds is 4. The molecule has 0 radical (unpaired) electrons. The second-order valence-electron chi connectivity index (χ2n) is 7.15. The van der Waals surface area contributed by atoms with E-state index < -0.39 is 6.10 Å². The zero-order valence-corrected chi connectivity index (χ0v) is 14.1. The van der Waals surface area contributed by atoms with Crippen LogP contribution in [0, 0.1) is 17.8 Å². The zero-order chi connectivity index (χ0) is 16.7. The third-order valence-electron chi connectivity index (χ3n) is 5.99. The number of aromatic nitrogens is 1. The molecule has 1 unspecified atom stereocenters. The van der Waals surface area contributed by atoms with E-state index in [4.69, 9.17) is 4.74 Å². The molecule has 5 atom stereocenters. The number of hydrogen-bond acceptors (Lipinski definition) is 3. The minimum absolute atomic E-state index is 0.280. The van der Waals surface area contributed by atoms with E-state index in [1.807, 2.05) is 24.3 Å². The number of aliphatic hydroxyl groups is 1. The zero-order valence-electron chi connectivity index (χ0n) is 14.1. The molecule has 3 saturated heterocycles. The van der Waals surface area contributed by atoms with Crippen LogP contribution in [0.2, 0.25) is 0 Å². The average molecular weight is 325 g/mol. The molecule has 3 aliphatic heterocycles. The van der Waals surface area contributed by atoms with Crippen LogP contribution in [-0.2, 0) is 0 Å². The van der Waals surface area contributed by atoms with Crippen molar-refractivity contribution in [1.29, 1.82) is 0 Å². The van der Waals surface area contributed by atoms with Gasteiger partial charge in [-0.3, -0.25) is 4.98 Å². The molecule has 3 fully saturated rings. The number of nitrogens with zero attached hydrogens (tertiary/aromatic N) is 1. The van der Waals surface area contributed by atoms with Gasteiger partial charge in [-0.15, -0.1) is 6.58 Å². The molecule has 3 aliphatic rings. The van der Waals surface area contributed by atoms with Crippen LogP contribution in [0.3, 0.4) is 0 Å². The average Bonchev–Trinajstić information content (AvgIpc) is 2.66. The SMILES string of the molecule is C=C[C@@H]1C[NH+]2CC[C@@H]1[C@@H]([C@H](O)c1ccnc3ccc(OC)cc13)C2. The topological polar surface area (TPSA) is 46.8 Å². The molecule has 5 rings (SSSR count). The Morgan fingerprint density at radius 1 is 1.38 bits per heavy atom. The van der Waals surface area contributed by atoms with Gasteiger partial charge in [0, 0.05) is 29.8 Å². The molecule has 0 saturated carbocycles. The third-order valence-corrected chi connectivity index (χ3v) is 5.99. The molecule has 126 valence electrons. The summed E-state index contributed by atoms with van der Waals surface area (Å²) in [6.45, 7) is 7.46. The molecule has 2 bridgehead atoms. The molecular formula is C20H25N2O2+. The van der Waals surface area contributed by atoms with Gasteiger partial charge in [-0.25, -0.2) is 0 Å². The first-order valence-corrected chi connectivity index (χ1v) is 8.78. The summed E-state index contributed by atoms with van der Waals surface area (Å²) in [5.41, 5.74) is 1.88. The first-order chi connectivity index (χ1) is 11.7. The summed E-state index contributed by atoms with van der Waals surface area (Å²) in [4.78, 5) is 6.04. The number of fused-ring (bicyclic) bond motifs is 4. The summed E-state index contributed by atoms with van der Waals surface area (Å²) in [6, 6.07) is 7.82. The normalized spacial score (nSPS) is 30.2. The summed E-state index contributed by atoms with van der Waals surface area (Å²) in [7, 11) is 1.67. The van der Waals surface area contributed by atoms with Gasteiger partial charge in [0.2, 0.25) is 0 Å². The number of aliphatic hydroxyl groups excluding tert-OH is 1. The minimum atomic E-state index is -0.467. The second-order valence-corrected chi connectivity index (χ2v) is 7.15. The fourth-order valence-electron chi connectivity index (χ4n) is 4.74. The Morgan fingerprint density at radius 3 is 3.00 bits per heavy atom. The van der Waals surface area contributed by atoms with Gasteiger partial charge in [0.1, 0.15) is 5.75 Å². The Hall–Kier alpha value is -1.91. The van der Waals surface area contributed by atoms with Gasteiger partial charge in [-0.1, -0.05) is 6.08 Å². The molecular weight excluding hydrogens is 300 g/mol. The van der Waals surface area contributed by atoms with Crippen LogP contribution in [0.5, 0.6) is 5.75 Å². The number of pyridine rings is 1. The third kappa shape index (κ3) is 2.50. The fraction of sp³-hybridized carbons (Fsp3) is 0.450. The van der Waals surface area contributed by atoms with Crippen LogP contribution in [-0.4, -0.2) is 36.8 Å². The van der Waals surface area contributed by atoms with Crippen LogP contribution in [0.1, 0.15) is 18.1 Å². The lowest BCUT2D eigenvalue weighted by Crippen LogP contribution is -3.17. The number of methoxy groups -OCH3 is 1. The van der Waals surface area contributed by atoms with Gasteiger partial charge < -0.3 is 14.7 Å². The van der Waals surface area contributed by atoms with Crippen molar-refractivity contribution in [2.45, 2.75) is 12.5 Å². The molecule has 0 aliphatic carbocycles. The van der Waals surface area contributed by atoms with Gasteiger partial charge in [0.05, 0.1) is 38.4 Å².